The predicted octanol–water partition coefficient (Wildman–Crippen LogP) is 1.72. The van der Waals surface area contributed by atoms with Gasteiger partial charge in [0.25, 0.3) is 0 Å². The average Bonchev–Trinajstić information content (AvgIpc) is 3.18. The van der Waals surface area contributed by atoms with Crippen molar-refractivity contribution in [2.24, 2.45) is 5.73 Å². The molecular formula is C15H20FN3O. The molecule has 1 saturated carbocycles. The molecule has 5 heteroatoms. The molecule has 1 aromatic carbocycles. The van der Waals surface area contributed by atoms with Gasteiger partial charge in [-0.3, -0.25) is 9.69 Å². The Kier molecular flexibility index (Phi) is 3.17. The molecule has 2 unspecified atom stereocenters. The number of halogens is 1. The van der Waals surface area contributed by atoms with Crippen molar-refractivity contribution in [1.29, 1.82) is 0 Å². The molecule has 20 heavy (non-hydrogen) atoms. The van der Waals surface area contributed by atoms with Crippen LogP contribution in [0.2, 0.25) is 0 Å². The molecule has 0 spiro atoms. The van der Waals surface area contributed by atoms with Crippen LogP contribution in [0.15, 0.2) is 24.3 Å². The van der Waals surface area contributed by atoms with Crippen molar-refractivity contribution in [3.63, 3.8) is 0 Å². The Labute approximate surface area is 118 Å². The molecule has 1 amide bonds. The van der Waals surface area contributed by atoms with Gasteiger partial charge in [0.2, 0.25) is 5.91 Å². The highest BCUT2D eigenvalue weighted by Gasteiger charge is 2.50. The lowest BCUT2D eigenvalue weighted by molar-refractivity contribution is -0.121. The summed E-state index contributed by atoms with van der Waals surface area (Å²) in [5.74, 6) is -0.625. The molecule has 3 N–H and O–H groups in total. The maximum absolute atomic E-state index is 13.0. The van der Waals surface area contributed by atoms with Gasteiger partial charge in [-0.1, -0.05) is 0 Å². The van der Waals surface area contributed by atoms with Crippen LogP contribution in [0, 0.1) is 5.82 Å². The van der Waals surface area contributed by atoms with E-state index in [2.05, 4.69) is 17.1 Å². The number of nitrogens with two attached hydrogens (primary N) is 1. The van der Waals surface area contributed by atoms with Crippen LogP contribution >= 0.6 is 0 Å². The SMILES string of the molecule is CC1CC(Nc2ccc(F)cc2)(C(N)=O)CN1C1CC1. The van der Waals surface area contributed by atoms with Crippen LogP contribution in [0.25, 0.3) is 0 Å². The van der Waals surface area contributed by atoms with Crippen molar-refractivity contribution >= 4 is 11.6 Å². The highest BCUT2D eigenvalue weighted by atomic mass is 19.1. The van der Waals surface area contributed by atoms with Crippen molar-refractivity contribution in [2.45, 2.75) is 43.8 Å². The largest absolute Gasteiger partial charge is 0.370 e. The van der Waals surface area contributed by atoms with Crippen molar-refractivity contribution in [2.75, 3.05) is 11.9 Å². The molecule has 108 valence electrons. The van der Waals surface area contributed by atoms with Gasteiger partial charge < -0.3 is 11.1 Å². The number of carbonyl (C=O) groups is 1. The van der Waals surface area contributed by atoms with Gasteiger partial charge in [0, 0.05) is 24.3 Å². The second-order valence-corrected chi connectivity index (χ2v) is 6.03. The van der Waals surface area contributed by atoms with Crippen LogP contribution in [-0.4, -0.2) is 35.0 Å². The number of likely N-dealkylation sites (tertiary alicyclic amines) is 1. The Morgan fingerprint density at radius 2 is 2.05 bits per heavy atom. The summed E-state index contributed by atoms with van der Waals surface area (Å²) in [5.41, 5.74) is 5.63. The summed E-state index contributed by atoms with van der Waals surface area (Å²) in [6, 6.07) is 6.99. The van der Waals surface area contributed by atoms with Crippen LogP contribution in [0.1, 0.15) is 26.2 Å². The number of hydrogen-bond acceptors (Lipinski definition) is 3. The van der Waals surface area contributed by atoms with Gasteiger partial charge in [0.1, 0.15) is 11.4 Å². The van der Waals surface area contributed by atoms with Crippen molar-refractivity contribution in [3.05, 3.63) is 30.1 Å². The van der Waals surface area contributed by atoms with Crippen LogP contribution in [-0.2, 0) is 4.79 Å². The minimum Gasteiger partial charge on any atom is -0.370 e. The Bertz CT molecular complexity index is 514. The molecule has 3 rings (SSSR count). The minimum atomic E-state index is -0.750. The first-order valence-electron chi connectivity index (χ1n) is 7.09. The first-order chi connectivity index (χ1) is 9.50. The Morgan fingerprint density at radius 3 is 2.60 bits per heavy atom. The second-order valence-electron chi connectivity index (χ2n) is 6.03. The summed E-state index contributed by atoms with van der Waals surface area (Å²) >= 11 is 0. The van der Waals surface area contributed by atoms with Crippen LogP contribution in [0.3, 0.4) is 0 Å². The molecule has 4 nitrogen and oxygen atoms in total. The number of rotatable bonds is 4. The van der Waals surface area contributed by atoms with Gasteiger partial charge in [0.15, 0.2) is 0 Å². The Balaban J connectivity index is 1.82. The molecule has 0 aromatic heterocycles. The monoisotopic (exact) mass is 277 g/mol. The fourth-order valence-electron chi connectivity index (χ4n) is 3.19. The molecule has 1 saturated heterocycles. The number of primary amides is 1. The quantitative estimate of drug-likeness (QED) is 0.881. The summed E-state index contributed by atoms with van der Waals surface area (Å²) < 4.78 is 13.0. The fraction of sp³-hybridized carbons (Fsp3) is 0.533. The zero-order chi connectivity index (χ0) is 14.3. The zero-order valence-corrected chi connectivity index (χ0v) is 11.6. The Morgan fingerprint density at radius 1 is 1.40 bits per heavy atom. The van der Waals surface area contributed by atoms with E-state index in [4.69, 9.17) is 5.73 Å². The van der Waals surface area contributed by atoms with E-state index in [0.29, 0.717) is 25.0 Å². The second kappa shape index (κ2) is 4.74. The van der Waals surface area contributed by atoms with E-state index in [9.17, 15) is 9.18 Å². The molecule has 2 fully saturated rings. The minimum absolute atomic E-state index is 0.289. The van der Waals surface area contributed by atoms with Gasteiger partial charge in [-0.2, -0.15) is 0 Å². The summed E-state index contributed by atoms with van der Waals surface area (Å²) in [7, 11) is 0. The van der Waals surface area contributed by atoms with Crippen LogP contribution < -0.4 is 11.1 Å². The maximum Gasteiger partial charge on any atom is 0.244 e. The summed E-state index contributed by atoms with van der Waals surface area (Å²) in [5, 5.41) is 3.24. The number of amides is 1. The van der Waals surface area contributed by atoms with E-state index in [1.54, 1.807) is 12.1 Å². The summed E-state index contributed by atoms with van der Waals surface area (Å²) in [6.45, 7) is 2.76. The van der Waals surface area contributed by atoms with E-state index in [1.807, 2.05) is 0 Å². The molecule has 1 aromatic rings. The third-order valence-corrected chi connectivity index (χ3v) is 4.38. The van der Waals surface area contributed by atoms with Gasteiger partial charge in [-0.25, -0.2) is 4.39 Å². The standard InChI is InChI=1S/C15H20FN3O/c1-10-8-15(14(17)20,9-19(10)13-6-7-13)18-12-4-2-11(16)3-5-12/h2-5,10,13,18H,6-9H2,1H3,(H2,17,20). The molecule has 0 radical (unpaired) electrons. The van der Waals surface area contributed by atoms with Crippen molar-refractivity contribution in [3.8, 4) is 0 Å². The van der Waals surface area contributed by atoms with Gasteiger partial charge in [-0.05, 0) is 50.5 Å². The van der Waals surface area contributed by atoms with E-state index >= 15 is 0 Å². The number of hydrogen-bond donors (Lipinski definition) is 2. The van der Waals surface area contributed by atoms with Crippen LogP contribution in [0.5, 0.6) is 0 Å². The van der Waals surface area contributed by atoms with E-state index in [1.165, 1.54) is 25.0 Å². The van der Waals surface area contributed by atoms with Gasteiger partial charge in [0.05, 0.1) is 0 Å². The number of carbonyl (C=O) groups excluding carboxylic acids is 1. The number of benzene rings is 1. The van der Waals surface area contributed by atoms with E-state index < -0.39 is 5.54 Å². The third-order valence-electron chi connectivity index (χ3n) is 4.38. The highest BCUT2D eigenvalue weighted by molar-refractivity contribution is 5.89. The van der Waals surface area contributed by atoms with Crippen molar-refractivity contribution < 1.29 is 9.18 Å². The first kappa shape index (κ1) is 13.4. The van der Waals surface area contributed by atoms with Crippen molar-refractivity contribution in [1.82, 2.24) is 4.90 Å². The smallest absolute Gasteiger partial charge is 0.244 e. The molecule has 1 heterocycles. The third kappa shape index (κ3) is 2.38. The highest BCUT2D eigenvalue weighted by Crippen LogP contribution is 2.38. The lowest BCUT2D eigenvalue weighted by atomic mass is 9.95. The van der Waals surface area contributed by atoms with E-state index in [-0.39, 0.29) is 11.7 Å². The average molecular weight is 277 g/mol. The van der Waals surface area contributed by atoms with Crippen LogP contribution in [0.4, 0.5) is 10.1 Å². The molecule has 2 aliphatic rings. The molecule has 0 bridgehead atoms. The Hall–Kier alpha value is -1.62. The summed E-state index contributed by atoms with van der Waals surface area (Å²) in [4.78, 5) is 14.4. The molecular weight excluding hydrogens is 257 g/mol. The number of nitrogens with zero attached hydrogens (tertiary/aromatic N) is 1. The maximum atomic E-state index is 13.0. The van der Waals surface area contributed by atoms with E-state index in [0.717, 1.165) is 5.69 Å². The number of nitrogens with one attached hydrogen (secondary N) is 1. The molecule has 2 atom stereocenters. The fourth-order valence-corrected chi connectivity index (χ4v) is 3.19. The normalized spacial score (nSPS) is 30.4. The first-order valence-corrected chi connectivity index (χ1v) is 7.09. The lowest BCUT2D eigenvalue weighted by Crippen LogP contribution is -2.52. The van der Waals surface area contributed by atoms with Gasteiger partial charge >= 0.3 is 0 Å². The summed E-state index contributed by atoms with van der Waals surface area (Å²) in [6.07, 6.45) is 3.10. The molecule has 1 aliphatic heterocycles. The predicted molar refractivity (Wildman–Crippen MR) is 75.8 cm³/mol. The lowest BCUT2D eigenvalue weighted by Gasteiger charge is -2.28. The topological polar surface area (TPSA) is 58.4 Å². The van der Waals surface area contributed by atoms with Gasteiger partial charge in [-0.15, -0.1) is 0 Å². The molecule has 1 aliphatic carbocycles. The number of anilines is 1. The zero-order valence-electron chi connectivity index (χ0n) is 11.6.